The molecule has 1 fully saturated rings. The maximum Gasteiger partial charge on any atom is 0.293 e. The van der Waals surface area contributed by atoms with Crippen LogP contribution in [0.5, 0.6) is 23.0 Å². The first-order valence-corrected chi connectivity index (χ1v) is 13.0. The van der Waals surface area contributed by atoms with Crippen LogP contribution in [-0.2, 0) is 16.1 Å². The van der Waals surface area contributed by atoms with Gasteiger partial charge in [0.25, 0.3) is 17.1 Å². The Kier molecular flexibility index (Phi) is 7.67. The maximum absolute atomic E-state index is 13.1. The minimum atomic E-state index is -0.439. The standard InChI is InChI=1S/C28H23ClN2O7S/c1-16-3-6-19(7-4-16)30-26(32)14-36-21-8-5-17(9-22(21)35-2)10-25-27(33)31(28(34)39-25)13-18-11-23-24(12-20(18)29)38-15-37-23/h3-12H,13-15H2,1-2H3,(H,30,32)/b25-10-. The molecule has 3 aromatic carbocycles. The number of rotatable bonds is 8. The van der Waals surface area contributed by atoms with Gasteiger partial charge in [0.1, 0.15) is 0 Å². The molecule has 200 valence electrons. The number of halogens is 1. The molecule has 1 saturated heterocycles. The Balaban J connectivity index is 1.25. The molecule has 11 heteroatoms. The van der Waals surface area contributed by atoms with Crippen molar-refractivity contribution in [1.29, 1.82) is 0 Å². The number of thioether (sulfide) groups is 1. The van der Waals surface area contributed by atoms with Gasteiger partial charge in [0, 0.05) is 16.8 Å². The molecule has 39 heavy (non-hydrogen) atoms. The van der Waals surface area contributed by atoms with E-state index in [-0.39, 0.29) is 30.8 Å². The van der Waals surface area contributed by atoms with Gasteiger partial charge < -0.3 is 24.3 Å². The number of aryl methyl sites for hydroxylation is 1. The van der Waals surface area contributed by atoms with E-state index in [9.17, 15) is 14.4 Å². The highest BCUT2D eigenvalue weighted by molar-refractivity contribution is 8.18. The molecule has 0 aliphatic carbocycles. The zero-order valence-corrected chi connectivity index (χ0v) is 22.6. The van der Waals surface area contributed by atoms with E-state index in [1.165, 1.54) is 7.11 Å². The Morgan fingerprint density at radius 1 is 1.08 bits per heavy atom. The molecule has 3 aromatic rings. The summed E-state index contributed by atoms with van der Waals surface area (Å²) in [5.41, 5.74) is 2.95. The molecule has 1 N–H and O–H groups in total. The fourth-order valence-corrected chi connectivity index (χ4v) is 4.96. The lowest BCUT2D eigenvalue weighted by molar-refractivity contribution is -0.123. The summed E-state index contributed by atoms with van der Waals surface area (Å²) < 4.78 is 21.8. The predicted octanol–water partition coefficient (Wildman–Crippen LogP) is 5.64. The van der Waals surface area contributed by atoms with Crippen LogP contribution in [-0.4, -0.2) is 42.5 Å². The minimum absolute atomic E-state index is 0.00175. The summed E-state index contributed by atoms with van der Waals surface area (Å²) in [6.07, 6.45) is 1.60. The van der Waals surface area contributed by atoms with Gasteiger partial charge in [0.15, 0.2) is 29.6 Å². The molecule has 0 bridgehead atoms. The summed E-state index contributed by atoms with van der Waals surface area (Å²) >= 11 is 7.17. The van der Waals surface area contributed by atoms with Crippen molar-refractivity contribution in [2.75, 3.05) is 25.8 Å². The summed E-state index contributed by atoms with van der Waals surface area (Å²) in [6.45, 7) is 1.84. The van der Waals surface area contributed by atoms with Crippen LogP contribution in [0.15, 0.2) is 59.5 Å². The molecule has 2 aliphatic rings. The highest BCUT2D eigenvalue weighted by Gasteiger charge is 2.35. The number of carbonyl (C=O) groups is 3. The summed E-state index contributed by atoms with van der Waals surface area (Å²) in [5, 5.41) is 2.73. The molecule has 9 nitrogen and oxygen atoms in total. The monoisotopic (exact) mass is 566 g/mol. The van der Waals surface area contributed by atoms with E-state index >= 15 is 0 Å². The SMILES string of the molecule is COc1cc(/C=C2\SC(=O)N(Cc3cc4c(cc3Cl)OCO4)C2=O)ccc1OCC(=O)Nc1ccc(C)cc1. The van der Waals surface area contributed by atoms with E-state index in [0.29, 0.717) is 44.8 Å². The van der Waals surface area contributed by atoms with Crippen LogP contribution in [0.4, 0.5) is 10.5 Å². The first kappa shape index (κ1) is 26.5. The number of carbonyl (C=O) groups excluding carboxylic acids is 3. The number of fused-ring (bicyclic) bond motifs is 1. The van der Waals surface area contributed by atoms with Crippen molar-refractivity contribution < 1.29 is 33.3 Å². The molecule has 0 unspecified atom stereocenters. The first-order chi connectivity index (χ1) is 18.8. The van der Waals surface area contributed by atoms with Crippen molar-refractivity contribution in [2.45, 2.75) is 13.5 Å². The van der Waals surface area contributed by atoms with E-state index in [1.807, 2.05) is 31.2 Å². The first-order valence-electron chi connectivity index (χ1n) is 11.8. The maximum atomic E-state index is 13.1. The quantitative estimate of drug-likeness (QED) is 0.349. The van der Waals surface area contributed by atoms with E-state index < -0.39 is 11.1 Å². The Bertz CT molecular complexity index is 1490. The lowest BCUT2D eigenvalue weighted by Gasteiger charge is -2.14. The Labute approximate surface area is 233 Å². The van der Waals surface area contributed by atoms with Gasteiger partial charge in [-0.15, -0.1) is 0 Å². The van der Waals surface area contributed by atoms with Crippen molar-refractivity contribution in [2.24, 2.45) is 0 Å². The van der Waals surface area contributed by atoms with Gasteiger partial charge in [-0.3, -0.25) is 19.3 Å². The number of methoxy groups -OCH3 is 1. The second kappa shape index (κ2) is 11.3. The lowest BCUT2D eigenvalue weighted by atomic mass is 10.1. The third kappa shape index (κ3) is 5.97. The molecule has 0 spiro atoms. The Morgan fingerprint density at radius 3 is 2.56 bits per heavy atom. The molecule has 5 rings (SSSR count). The highest BCUT2D eigenvalue weighted by Crippen LogP contribution is 2.40. The number of anilines is 1. The van der Waals surface area contributed by atoms with Gasteiger partial charge in [0.2, 0.25) is 6.79 Å². The third-order valence-corrected chi connectivity index (χ3v) is 7.18. The van der Waals surface area contributed by atoms with E-state index in [1.54, 1.807) is 36.4 Å². The van der Waals surface area contributed by atoms with Crippen LogP contribution in [0.2, 0.25) is 5.02 Å². The van der Waals surface area contributed by atoms with Gasteiger partial charge in [-0.2, -0.15) is 0 Å². The van der Waals surface area contributed by atoms with Crippen molar-refractivity contribution in [3.05, 3.63) is 81.2 Å². The van der Waals surface area contributed by atoms with Gasteiger partial charge in [-0.1, -0.05) is 35.4 Å². The molecule has 2 aliphatic heterocycles. The number of amides is 3. The van der Waals surface area contributed by atoms with Crippen molar-refractivity contribution in [1.82, 2.24) is 4.90 Å². The number of hydrogen-bond donors (Lipinski definition) is 1. The van der Waals surface area contributed by atoms with E-state index in [0.717, 1.165) is 22.2 Å². The Hall–Kier alpha value is -4.15. The van der Waals surface area contributed by atoms with Crippen LogP contribution >= 0.6 is 23.4 Å². The van der Waals surface area contributed by atoms with Crippen LogP contribution in [0.25, 0.3) is 6.08 Å². The van der Waals surface area contributed by atoms with Gasteiger partial charge in [-0.05, 0) is 66.2 Å². The number of nitrogens with zero attached hydrogens (tertiary/aromatic N) is 1. The van der Waals surface area contributed by atoms with Crippen LogP contribution in [0.3, 0.4) is 0 Å². The second-order valence-corrected chi connectivity index (χ2v) is 10.1. The van der Waals surface area contributed by atoms with Crippen LogP contribution in [0, 0.1) is 6.92 Å². The number of benzene rings is 3. The molecular weight excluding hydrogens is 544 g/mol. The van der Waals surface area contributed by atoms with Crippen LogP contribution < -0.4 is 24.3 Å². The zero-order chi connectivity index (χ0) is 27.5. The summed E-state index contributed by atoms with van der Waals surface area (Å²) in [4.78, 5) is 39.4. The third-order valence-electron chi connectivity index (χ3n) is 5.92. The normalized spacial score (nSPS) is 15.2. The number of hydrogen-bond acceptors (Lipinski definition) is 8. The molecule has 2 heterocycles. The molecule has 3 amide bonds. The molecule has 0 radical (unpaired) electrons. The summed E-state index contributed by atoms with van der Waals surface area (Å²) in [6, 6.07) is 15.7. The van der Waals surface area contributed by atoms with Crippen molar-refractivity contribution in [3.63, 3.8) is 0 Å². The average Bonchev–Trinajstić information content (AvgIpc) is 3.48. The van der Waals surface area contributed by atoms with Crippen LogP contribution in [0.1, 0.15) is 16.7 Å². The van der Waals surface area contributed by atoms with E-state index in [4.69, 9.17) is 30.5 Å². The molecule has 0 saturated carbocycles. The minimum Gasteiger partial charge on any atom is -0.493 e. The van der Waals surface area contributed by atoms with Gasteiger partial charge in [-0.25, -0.2) is 0 Å². The number of imide groups is 1. The number of ether oxygens (including phenoxy) is 4. The fourth-order valence-electron chi connectivity index (χ4n) is 3.91. The summed E-state index contributed by atoms with van der Waals surface area (Å²) in [7, 11) is 1.47. The predicted molar refractivity (Wildman–Crippen MR) is 147 cm³/mol. The van der Waals surface area contributed by atoms with E-state index in [2.05, 4.69) is 5.32 Å². The van der Waals surface area contributed by atoms with Gasteiger partial charge in [0.05, 0.1) is 18.6 Å². The van der Waals surface area contributed by atoms with Crippen molar-refractivity contribution >= 4 is 52.2 Å². The fraction of sp³-hybridized carbons (Fsp3) is 0.179. The molecule has 0 atom stereocenters. The molecular formula is C28H23ClN2O7S. The Morgan fingerprint density at radius 2 is 1.82 bits per heavy atom. The lowest BCUT2D eigenvalue weighted by Crippen LogP contribution is -2.27. The topological polar surface area (TPSA) is 103 Å². The zero-order valence-electron chi connectivity index (χ0n) is 21.0. The summed E-state index contributed by atoms with van der Waals surface area (Å²) in [5.74, 6) is 1.01. The number of nitrogens with one attached hydrogen (secondary N) is 1. The largest absolute Gasteiger partial charge is 0.493 e. The van der Waals surface area contributed by atoms with Crippen molar-refractivity contribution in [3.8, 4) is 23.0 Å². The average molecular weight is 567 g/mol. The second-order valence-electron chi connectivity index (χ2n) is 8.68. The molecule has 0 aromatic heterocycles. The smallest absolute Gasteiger partial charge is 0.293 e. The highest BCUT2D eigenvalue weighted by atomic mass is 35.5. The van der Waals surface area contributed by atoms with Gasteiger partial charge >= 0.3 is 0 Å².